The summed E-state index contributed by atoms with van der Waals surface area (Å²) in [6.45, 7) is 10.2. The van der Waals surface area contributed by atoms with Crippen molar-refractivity contribution in [3.63, 3.8) is 0 Å². The van der Waals surface area contributed by atoms with Gasteiger partial charge in [0, 0.05) is 12.6 Å². The summed E-state index contributed by atoms with van der Waals surface area (Å²) in [5.74, 6) is 0.563. The van der Waals surface area contributed by atoms with Crippen LogP contribution in [0.3, 0.4) is 0 Å². The molecule has 5 nitrogen and oxygen atoms in total. The zero-order chi connectivity index (χ0) is 22.3. The number of ether oxygens (including phenoxy) is 1. The molecule has 0 fully saturated rings. The lowest BCUT2D eigenvalue weighted by atomic mass is 10.0. The molecule has 0 saturated carbocycles. The van der Waals surface area contributed by atoms with Gasteiger partial charge in [-0.2, -0.15) is 0 Å². The molecule has 5 heteroatoms. The molecule has 0 spiro atoms. The zero-order valence-corrected chi connectivity index (χ0v) is 19.0. The normalized spacial score (nSPS) is 12.7. The number of amides is 2. The third-order valence-corrected chi connectivity index (χ3v) is 5.53. The van der Waals surface area contributed by atoms with E-state index in [4.69, 9.17) is 4.74 Å². The fourth-order valence-corrected chi connectivity index (χ4v) is 3.23. The number of hydrogen-bond donors (Lipinski definition) is 1. The lowest BCUT2D eigenvalue weighted by molar-refractivity contribution is -0.140. The van der Waals surface area contributed by atoms with Gasteiger partial charge >= 0.3 is 0 Å². The number of nitrogens with one attached hydrogen (secondary N) is 1. The Hall–Kier alpha value is -2.82. The summed E-state index contributed by atoms with van der Waals surface area (Å²) in [6.07, 6.45) is 1.11. The van der Waals surface area contributed by atoms with Crippen molar-refractivity contribution < 1.29 is 14.3 Å². The zero-order valence-electron chi connectivity index (χ0n) is 19.0. The van der Waals surface area contributed by atoms with Crippen LogP contribution in [0.1, 0.15) is 49.4 Å². The number of aryl methyl sites for hydroxylation is 2. The molecule has 0 aliphatic heterocycles. The number of nitrogens with zero attached hydrogens (tertiary/aromatic N) is 1. The lowest BCUT2D eigenvalue weighted by Gasteiger charge is -2.30. The van der Waals surface area contributed by atoms with Crippen molar-refractivity contribution >= 4 is 11.8 Å². The first-order valence-corrected chi connectivity index (χ1v) is 10.5. The first kappa shape index (κ1) is 23.5. The average Bonchev–Trinajstić information content (AvgIpc) is 2.74. The van der Waals surface area contributed by atoms with Crippen LogP contribution in [-0.2, 0) is 22.6 Å². The van der Waals surface area contributed by atoms with Crippen molar-refractivity contribution in [2.45, 2.75) is 66.1 Å². The van der Waals surface area contributed by atoms with E-state index in [1.54, 1.807) is 18.9 Å². The number of hydrogen-bond acceptors (Lipinski definition) is 3. The molecule has 0 saturated heterocycles. The summed E-state index contributed by atoms with van der Waals surface area (Å²) in [5, 5.41) is 3.00. The monoisotopic (exact) mass is 410 g/mol. The molecule has 0 aliphatic carbocycles. The molecule has 2 rings (SSSR count). The molecule has 2 aromatic carbocycles. The molecule has 0 heterocycles. The number of rotatable bonds is 9. The molecule has 0 aromatic heterocycles. The Bertz CT molecular complexity index is 861. The second kappa shape index (κ2) is 10.8. The van der Waals surface area contributed by atoms with Gasteiger partial charge in [0.1, 0.15) is 11.8 Å². The Labute approximate surface area is 180 Å². The maximum Gasteiger partial charge on any atom is 0.242 e. The van der Waals surface area contributed by atoms with Crippen LogP contribution in [0.15, 0.2) is 42.5 Å². The van der Waals surface area contributed by atoms with Crippen LogP contribution in [0.2, 0.25) is 0 Å². The van der Waals surface area contributed by atoms with E-state index in [0.717, 1.165) is 34.4 Å². The topological polar surface area (TPSA) is 58.6 Å². The highest BCUT2D eigenvalue weighted by Crippen LogP contribution is 2.18. The number of carbonyl (C=O) groups is 2. The summed E-state index contributed by atoms with van der Waals surface area (Å²) >= 11 is 0. The third-order valence-electron chi connectivity index (χ3n) is 5.53. The van der Waals surface area contributed by atoms with Crippen molar-refractivity contribution in [1.29, 1.82) is 0 Å². The second-order valence-electron chi connectivity index (χ2n) is 7.97. The Balaban J connectivity index is 2.27. The molecule has 0 unspecified atom stereocenters. The quantitative estimate of drug-likeness (QED) is 0.674. The fourth-order valence-electron chi connectivity index (χ4n) is 3.23. The molecular weight excluding hydrogens is 376 g/mol. The Morgan fingerprint density at radius 2 is 1.73 bits per heavy atom. The maximum absolute atomic E-state index is 13.3. The lowest BCUT2D eigenvalue weighted by Crippen LogP contribution is -2.49. The van der Waals surface area contributed by atoms with E-state index in [-0.39, 0.29) is 24.3 Å². The molecule has 162 valence electrons. The highest BCUT2D eigenvalue weighted by Gasteiger charge is 2.27. The molecule has 2 amide bonds. The Kier molecular flexibility index (Phi) is 8.46. The highest BCUT2D eigenvalue weighted by atomic mass is 16.5. The van der Waals surface area contributed by atoms with E-state index in [9.17, 15) is 9.59 Å². The molecule has 0 bridgehead atoms. The van der Waals surface area contributed by atoms with Gasteiger partial charge in [0.2, 0.25) is 11.8 Å². The highest BCUT2D eigenvalue weighted by molar-refractivity contribution is 5.88. The predicted molar refractivity (Wildman–Crippen MR) is 121 cm³/mol. The summed E-state index contributed by atoms with van der Waals surface area (Å²) in [6, 6.07) is 13.2. The van der Waals surface area contributed by atoms with E-state index in [2.05, 4.69) is 5.32 Å². The molecule has 0 radical (unpaired) electrons. The van der Waals surface area contributed by atoms with Gasteiger partial charge in [-0.1, -0.05) is 42.8 Å². The molecule has 0 aliphatic rings. The van der Waals surface area contributed by atoms with E-state index in [0.29, 0.717) is 6.54 Å². The van der Waals surface area contributed by atoms with Gasteiger partial charge in [0.15, 0.2) is 0 Å². The van der Waals surface area contributed by atoms with Crippen molar-refractivity contribution in [1.82, 2.24) is 10.2 Å². The maximum atomic E-state index is 13.3. The van der Waals surface area contributed by atoms with Gasteiger partial charge in [-0.25, -0.2) is 0 Å². The average molecular weight is 411 g/mol. The number of methoxy groups -OCH3 is 1. The van der Waals surface area contributed by atoms with Crippen molar-refractivity contribution in [2.24, 2.45) is 0 Å². The predicted octanol–water partition coefficient (Wildman–Crippen LogP) is 4.19. The smallest absolute Gasteiger partial charge is 0.242 e. The van der Waals surface area contributed by atoms with E-state index in [1.165, 1.54) is 0 Å². The minimum atomic E-state index is -0.571. The first-order valence-electron chi connectivity index (χ1n) is 10.5. The van der Waals surface area contributed by atoms with Crippen LogP contribution < -0.4 is 10.1 Å². The van der Waals surface area contributed by atoms with Gasteiger partial charge in [0.05, 0.1) is 13.5 Å². The van der Waals surface area contributed by atoms with Crippen LogP contribution in [0, 0.1) is 13.8 Å². The van der Waals surface area contributed by atoms with Gasteiger partial charge < -0.3 is 15.0 Å². The molecule has 2 aromatic rings. The molecule has 2 atom stereocenters. The van der Waals surface area contributed by atoms with E-state index in [1.807, 2.05) is 70.2 Å². The second-order valence-corrected chi connectivity index (χ2v) is 7.97. The number of benzene rings is 2. The summed E-state index contributed by atoms with van der Waals surface area (Å²) in [5.41, 5.74) is 4.14. The van der Waals surface area contributed by atoms with Gasteiger partial charge in [-0.05, 0) is 62.9 Å². The summed E-state index contributed by atoms with van der Waals surface area (Å²) < 4.78 is 5.22. The van der Waals surface area contributed by atoms with E-state index >= 15 is 0 Å². The van der Waals surface area contributed by atoms with Crippen LogP contribution >= 0.6 is 0 Å². The van der Waals surface area contributed by atoms with Crippen LogP contribution in [-0.4, -0.2) is 35.9 Å². The first-order chi connectivity index (χ1) is 14.2. The minimum absolute atomic E-state index is 0.0636. The third kappa shape index (κ3) is 6.34. The molecular formula is C25H34N2O3. The van der Waals surface area contributed by atoms with Gasteiger partial charge in [-0.15, -0.1) is 0 Å². The molecule has 1 N–H and O–H groups in total. The fraction of sp³-hybridized carbons (Fsp3) is 0.440. The van der Waals surface area contributed by atoms with Gasteiger partial charge in [-0.3, -0.25) is 9.59 Å². The van der Waals surface area contributed by atoms with Crippen LogP contribution in [0.5, 0.6) is 5.75 Å². The van der Waals surface area contributed by atoms with Crippen molar-refractivity contribution in [3.8, 4) is 5.75 Å². The Morgan fingerprint density at radius 3 is 2.33 bits per heavy atom. The largest absolute Gasteiger partial charge is 0.497 e. The molecule has 30 heavy (non-hydrogen) atoms. The summed E-state index contributed by atoms with van der Waals surface area (Å²) in [4.78, 5) is 27.8. The SMILES string of the molecule is CC[C@@H](C)NC(=O)[C@@H](C)N(Cc1ccc(OC)cc1)C(=O)Cc1cc(C)ccc1C. The van der Waals surface area contributed by atoms with Crippen molar-refractivity contribution in [3.05, 3.63) is 64.7 Å². The van der Waals surface area contributed by atoms with Crippen LogP contribution in [0.4, 0.5) is 0 Å². The van der Waals surface area contributed by atoms with Gasteiger partial charge in [0.25, 0.3) is 0 Å². The number of carbonyl (C=O) groups excluding carboxylic acids is 2. The Morgan fingerprint density at radius 1 is 1.07 bits per heavy atom. The standard InChI is InChI=1S/C25H34N2O3/c1-7-19(4)26-25(29)20(5)27(16-21-10-12-23(30-6)13-11-21)24(28)15-22-14-17(2)8-9-18(22)3/h8-14,19-20H,7,15-16H2,1-6H3,(H,26,29)/t19-,20-/m1/s1. The van der Waals surface area contributed by atoms with E-state index < -0.39 is 6.04 Å². The van der Waals surface area contributed by atoms with Crippen molar-refractivity contribution in [2.75, 3.05) is 7.11 Å². The van der Waals surface area contributed by atoms with Crippen LogP contribution in [0.25, 0.3) is 0 Å². The summed E-state index contributed by atoms with van der Waals surface area (Å²) in [7, 11) is 1.62. The minimum Gasteiger partial charge on any atom is -0.497 e.